The summed E-state index contributed by atoms with van der Waals surface area (Å²) in [5, 5.41) is 14.8. The molecule has 122 valence electrons. The predicted molar refractivity (Wildman–Crippen MR) is 88.6 cm³/mol. The van der Waals surface area contributed by atoms with Crippen LogP contribution < -0.4 is 5.32 Å². The summed E-state index contributed by atoms with van der Waals surface area (Å²) in [4.78, 5) is 28.2. The van der Waals surface area contributed by atoms with Gasteiger partial charge in [-0.2, -0.15) is 11.8 Å². The number of amides is 1. The van der Waals surface area contributed by atoms with Gasteiger partial charge in [0, 0.05) is 10.9 Å². The SMILES string of the molecule is O=C(Cc1csc(-c2ccoc2)n1)NC1(C(=O)O)CCSCC1. The van der Waals surface area contributed by atoms with E-state index in [1.165, 1.54) is 11.3 Å². The third-order valence-electron chi connectivity index (χ3n) is 3.80. The Labute approximate surface area is 141 Å². The van der Waals surface area contributed by atoms with E-state index in [1.54, 1.807) is 24.3 Å². The summed E-state index contributed by atoms with van der Waals surface area (Å²) in [5.41, 5.74) is 0.369. The number of aliphatic carboxylic acids is 1. The summed E-state index contributed by atoms with van der Waals surface area (Å²) >= 11 is 3.14. The van der Waals surface area contributed by atoms with Crippen molar-refractivity contribution in [1.82, 2.24) is 10.3 Å². The van der Waals surface area contributed by atoms with Crippen LogP contribution in [0.15, 0.2) is 28.4 Å². The highest BCUT2D eigenvalue weighted by atomic mass is 32.2. The van der Waals surface area contributed by atoms with Crippen LogP contribution in [0.1, 0.15) is 18.5 Å². The van der Waals surface area contributed by atoms with Crippen molar-refractivity contribution in [2.45, 2.75) is 24.8 Å². The molecule has 1 aliphatic rings. The van der Waals surface area contributed by atoms with Crippen molar-refractivity contribution in [3.63, 3.8) is 0 Å². The van der Waals surface area contributed by atoms with E-state index in [-0.39, 0.29) is 12.3 Å². The summed E-state index contributed by atoms with van der Waals surface area (Å²) in [7, 11) is 0. The van der Waals surface area contributed by atoms with Crippen molar-refractivity contribution in [1.29, 1.82) is 0 Å². The molecule has 3 rings (SSSR count). The van der Waals surface area contributed by atoms with Crippen LogP contribution in [-0.2, 0) is 16.0 Å². The van der Waals surface area contributed by atoms with E-state index in [0.717, 1.165) is 22.1 Å². The molecule has 3 heterocycles. The van der Waals surface area contributed by atoms with Gasteiger partial charge in [-0.15, -0.1) is 11.3 Å². The maximum absolute atomic E-state index is 12.3. The summed E-state index contributed by atoms with van der Waals surface area (Å²) in [6.45, 7) is 0. The van der Waals surface area contributed by atoms with Crippen molar-refractivity contribution in [2.75, 3.05) is 11.5 Å². The summed E-state index contributed by atoms with van der Waals surface area (Å²) < 4.78 is 5.02. The van der Waals surface area contributed by atoms with E-state index in [4.69, 9.17) is 4.42 Å². The van der Waals surface area contributed by atoms with Crippen molar-refractivity contribution >= 4 is 35.0 Å². The Hall–Kier alpha value is -1.80. The minimum Gasteiger partial charge on any atom is -0.480 e. The van der Waals surface area contributed by atoms with E-state index in [1.807, 2.05) is 11.4 Å². The number of hydrogen-bond donors (Lipinski definition) is 2. The fourth-order valence-electron chi connectivity index (χ4n) is 2.49. The van der Waals surface area contributed by atoms with Gasteiger partial charge in [-0.25, -0.2) is 9.78 Å². The zero-order valence-electron chi connectivity index (χ0n) is 12.3. The number of rotatable bonds is 5. The Kier molecular flexibility index (Phi) is 4.72. The van der Waals surface area contributed by atoms with Crippen molar-refractivity contribution in [3.05, 3.63) is 29.7 Å². The van der Waals surface area contributed by atoms with Gasteiger partial charge in [-0.3, -0.25) is 4.79 Å². The lowest BCUT2D eigenvalue weighted by atomic mass is 9.92. The van der Waals surface area contributed by atoms with Gasteiger partial charge in [0.1, 0.15) is 16.8 Å². The molecule has 0 aromatic carbocycles. The topological polar surface area (TPSA) is 92.4 Å². The molecule has 1 saturated heterocycles. The molecular formula is C15H16N2O4S2. The van der Waals surface area contributed by atoms with E-state index >= 15 is 0 Å². The lowest BCUT2D eigenvalue weighted by Crippen LogP contribution is -2.56. The molecule has 0 bridgehead atoms. The molecule has 6 nitrogen and oxygen atoms in total. The second-order valence-corrected chi connectivity index (χ2v) is 7.46. The highest BCUT2D eigenvalue weighted by Crippen LogP contribution is 2.28. The number of furan rings is 1. The smallest absolute Gasteiger partial charge is 0.329 e. The molecule has 0 radical (unpaired) electrons. The predicted octanol–water partition coefficient (Wildman–Crippen LogP) is 2.41. The number of nitrogens with one attached hydrogen (secondary N) is 1. The summed E-state index contributed by atoms with van der Waals surface area (Å²) in [6.07, 6.45) is 4.16. The zero-order valence-corrected chi connectivity index (χ0v) is 13.9. The van der Waals surface area contributed by atoms with E-state index in [9.17, 15) is 14.7 Å². The number of nitrogens with zero attached hydrogens (tertiary/aromatic N) is 1. The fourth-order valence-corrected chi connectivity index (χ4v) is 4.49. The van der Waals surface area contributed by atoms with Crippen molar-refractivity contribution in [2.24, 2.45) is 0 Å². The molecule has 2 N–H and O–H groups in total. The highest BCUT2D eigenvalue weighted by Gasteiger charge is 2.41. The molecule has 0 spiro atoms. The summed E-state index contributed by atoms with van der Waals surface area (Å²) in [5.74, 6) is 0.230. The Morgan fingerprint density at radius 1 is 1.39 bits per heavy atom. The number of carboxylic acids is 1. The van der Waals surface area contributed by atoms with E-state index in [0.29, 0.717) is 18.5 Å². The summed E-state index contributed by atoms with van der Waals surface area (Å²) in [6, 6.07) is 1.81. The standard InChI is InChI=1S/C15H16N2O4S2/c18-12(17-15(14(19)20)2-5-22-6-3-15)7-11-9-23-13(16-11)10-1-4-21-8-10/h1,4,8-9H,2-3,5-7H2,(H,17,18)(H,19,20). The number of carboxylic acid groups (broad SMARTS) is 1. The Balaban J connectivity index is 1.66. The third kappa shape index (κ3) is 3.59. The van der Waals surface area contributed by atoms with Crippen LogP contribution in [-0.4, -0.2) is 39.0 Å². The highest BCUT2D eigenvalue weighted by molar-refractivity contribution is 7.99. The molecule has 1 fully saturated rings. The lowest BCUT2D eigenvalue weighted by molar-refractivity contribution is -0.148. The maximum atomic E-state index is 12.3. The minimum absolute atomic E-state index is 0.0799. The largest absolute Gasteiger partial charge is 0.480 e. The normalized spacial score (nSPS) is 16.9. The van der Waals surface area contributed by atoms with Crippen LogP contribution in [0.2, 0.25) is 0 Å². The van der Waals surface area contributed by atoms with Gasteiger partial charge in [0.25, 0.3) is 0 Å². The molecule has 1 aliphatic heterocycles. The average Bonchev–Trinajstić information content (AvgIpc) is 3.18. The molecule has 0 saturated carbocycles. The van der Waals surface area contributed by atoms with Crippen molar-refractivity contribution < 1.29 is 19.1 Å². The first-order chi connectivity index (χ1) is 11.1. The quantitative estimate of drug-likeness (QED) is 0.858. The molecule has 0 aliphatic carbocycles. The minimum atomic E-state index is -1.13. The van der Waals surface area contributed by atoms with Crippen molar-refractivity contribution in [3.8, 4) is 10.6 Å². The van der Waals surface area contributed by atoms with Gasteiger partial charge in [0.05, 0.1) is 18.4 Å². The first-order valence-electron chi connectivity index (χ1n) is 7.18. The molecule has 23 heavy (non-hydrogen) atoms. The molecule has 0 unspecified atom stereocenters. The molecule has 1 amide bonds. The molecular weight excluding hydrogens is 336 g/mol. The van der Waals surface area contributed by atoms with Crippen LogP contribution in [0.25, 0.3) is 10.6 Å². The van der Waals surface area contributed by atoms with Crippen LogP contribution >= 0.6 is 23.1 Å². The van der Waals surface area contributed by atoms with Gasteiger partial charge >= 0.3 is 5.97 Å². The molecule has 0 atom stereocenters. The number of carbonyl (C=O) groups excluding carboxylic acids is 1. The third-order valence-corrected chi connectivity index (χ3v) is 5.72. The van der Waals surface area contributed by atoms with Gasteiger partial charge in [0.2, 0.25) is 5.91 Å². The Morgan fingerprint density at radius 3 is 2.83 bits per heavy atom. The first-order valence-corrected chi connectivity index (χ1v) is 9.22. The van der Waals surface area contributed by atoms with Crippen LogP contribution in [0.4, 0.5) is 0 Å². The monoisotopic (exact) mass is 352 g/mol. The van der Waals surface area contributed by atoms with Gasteiger partial charge < -0.3 is 14.8 Å². The van der Waals surface area contributed by atoms with Crippen LogP contribution in [0.5, 0.6) is 0 Å². The van der Waals surface area contributed by atoms with E-state index in [2.05, 4.69) is 10.3 Å². The fraction of sp³-hybridized carbons (Fsp3) is 0.400. The van der Waals surface area contributed by atoms with Gasteiger partial charge in [-0.05, 0) is 30.4 Å². The number of thioether (sulfide) groups is 1. The Bertz CT molecular complexity index is 690. The second kappa shape index (κ2) is 6.76. The molecule has 8 heteroatoms. The van der Waals surface area contributed by atoms with E-state index < -0.39 is 11.5 Å². The lowest BCUT2D eigenvalue weighted by Gasteiger charge is -2.33. The maximum Gasteiger partial charge on any atom is 0.329 e. The van der Waals surface area contributed by atoms with Gasteiger partial charge in [-0.1, -0.05) is 0 Å². The molecule has 2 aromatic rings. The number of carbonyl (C=O) groups is 2. The van der Waals surface area contributed by atoms with Gasteiger partial charge in [0.15, 0.2) is 0 Å². The first kappa shape index (κ1) is 16.1. The van der Waals surface area contributed by atoms with Crippen LogP contribution in [0, 0.1) is 0 Å². The number of aromatic nitrogens is 1. The average molecular weight is 352 g/mol. The number of hydrogen-bond acceptors (Lipinski definition) is 6. The van der Waals surface area contributed by atoms with Crippen LogP contribution in [0.3, 0.4) is 0 Å². The zero-order chi connectivity index (χ0) is 16.3. The second-order valence-electron chi connectivity index (χ2n) is 5.38. The Morgan fingerprint density at radius 2 is 2.17 bits per heavy atom. The number of thiazole rings is 1. The molecule has 2 aromatic heterocycles.